The summed E-state index contributed by atoms with van der Waals surface area (Å²) in [5, 5.41) is 7.26. The van der Waals surface area contributed by atoms with Gasteiger partial charge in [-0.25, -0.2) is 4.98 Å². The summed E-state index contributed by atoms with van der Waals surface area (Å²) in [7, 11) is 1.50. The van der Waals surface area contributed by atoms with Gasteiger partial charge in [0.2, 0.25) is 5.91 Å². The van der Waals surface area contributed by atoms with Gasteiger partial charge in [0.1, 0.15) is 17.0 Å². The van der Waals surface area contributed by atoms with E-state index in [1.54, 1.807) is 18.2 Å². The number of methoxy groups -OCH3 is 1. The van der Waals surface area contributed by atoms with Gasteiger partial charge in [-0.1, -0.05) is 47.9 Å². The lowest BCUT2D eigenvalue weighted by molar-refractivity contribution is -0.116. The zero-order valence-electron chi connectivity index (χ0n) is 17.6. The molecule has 0 fully saturated rings. The number of hydrogen-bond donors (Lipinski definition) is 1. The lowest BCUT2D eigenvalue weighted by Crippen LogP contribution is -2.23. The molecule has 0 radical (unpaired) electrons. The van der Waals surface area contributed by atoms with E-state index in [0.29, 0.717) is 27.7 Å². The highest BCUT2D eigenvalue weighted by Gasteiger charge is 2.17. The molecule has 0 aliphatic rings. The Morgan fingerprint density at radius 2 is 2.00 bits per heavy atom. The van der Waals surface area contributed by atoms with Crippen LogP contribution >= 0.6 is 11.6 Å². The minimum Gasteiger partial charge on any atom is -0.495 e. The van der Waals surface area contributed by atoms with Crippen LogP contribution in [0, 0.1) is 0 Å². The molecule has 0 saturated carbocycles. The first-order valence-electron chi connectivity index (χ1n) is 10.1. The molecule has 0 aliphatic heterocycles. The second kappa shape index (κ2) is 9.23. The molecule has 4 rings (SSSR count). The Labute approximate surface area is 188 Å². The molecule has 8 nitrogen and oxygen atoms in total. The molecular weight excluding hydrogens is 432 g/mol. The van der Waals surface area contributed by atoms with Gasteiger partial charge in [-0.2, -0.15) is 0 Å². The fourth-order valence-electron chi connectivity index (χ4n) is 3.32. The summed E-state index contributed by atoms with van der Waals surface area (Å²) in [5.41, 5.74) is 3.04. The summed E-state index contributed by atoms with van der Waals surface area (Å²) < 4.78 is 11.9. The summed E-state index contributed by atoms with van der Waals surface area (Å²) >= 11 is 5.99. The van der Waals surface area contributed by atoms with Gasteiger partial charge < -0.3 is 14.6 Å². The molecule has 9 heteroatoms. The van der Waals surface area contributed by atoms with Crippen LogP contribution in [-0.2, 0) is 17.8 Å². The number of rotatable bonds is 7. The minimum absolute atomic E-state index is 0.0439. The molecule has 2 aromatic carbocycles. The van der Waals surface area contributed by atoms with Gasteiger partial charge >= 0.3 is 0 Å². The van der Waals surface area contributed by atoms with Crippen molar-refractivity contribution in [3.63, 3.8) is 0 Å². The average Bonchev–Trinajstić information content (AvgIpc) is 3.24. The number of aryl methyl sites for hydroxylation is 2. The van der Waals surface area contributed by atoms with Crippen LogP contribution in [0.15, 0.2) is 58.1 Å². The number of carbonyl (C=O) groups excluding carboxylic acids is 1. The van der Waals surface area contributed by atoms with E-state index >= 15 is 0 Å². The maximum atomic E-state index is 12.8. The molecule has 2 heterocycles. The number of hydrogen-bond acceptors (Lipinski definition) is 6. The highest BCUT2D eigenvalue weighted by molar-refractivity contribution is 6.31. The fraction of sp³-hybridized carbons (Fsp3) is 0.217. The Morgan fingerprint density at radius 1 is 1.22 bits per heavy atom. The Balaban J connectivity index is 1.51. The van der Waals surface area contributed by atoms with E-state index in [1.807, 2.05) is 24.3 Å². The average molecular weight is 453 g/mol. The van der Waals surface area contributed by atoms with Gasteiger partial charge in [0, 0.05) is 23.6 Å². The van der Waals surface area contributed by atoms with E-state index in [4.69, 9.17) is 20.9 Å². The maximum absolute atomic E-state index is 12.8. The molecule has 1 N–H and O–H groups in total. The summed E-state index contributed by atoms with van der Waals surface area (Å²) in [5.74, 6) is 0.191. The van der Waals surface area contributed by atoms with Gasteiger partial charge in [0.05, 0.1) is 19.1 Å². The van der Waals surface area contributed by atoms with Crippen LogP contribution in [0.2, 0.25) is 5.02 Å². The standard InChI is InChI=1S/C23H21ClN4O4/c1-3-14-4-6-15(7-5-14)20-21-22(32-27-20)23(30)28(13-25-21)11-10-19(29)26-17-12-16(24)8-9-18(17)31-2/h4-9,12-13H,3,10-11H2,1-2H3,(H,26,29). The van der Waals surface area contributed by atoms with Gasteiger partial charge in [-0.3, -0.25) is 14.2 Å². The number of benzene rings is 2. The summed E-state index contributed by atoms with van der Waals surface area (Å²) in [4.78, 5) is 29.6. The van der Waals surface area contributed by atoms with E-state index in [2.05, 4.69) is 22.4 Å². The number of aromatic nitrogens is 3. The summed E-state index contributed by atoms with van der Waals surface area (Å²) in [6.07, 6.45) is 2.38. The molecular formula is C23H21ClN4O4. The molecule has 0 saturated heterocycles. The maximum Gasteiger partial charge on any atom is 0.299 e. The number of ether oxygens (including phenoxy) is 1. The molecule has 164 valence electrons. The Morgan fingerprint density at radius 3 is 2.72 bits per heavy atom. The number of nitrogens with one attached hydrogen (secondary N) is 1. The normalized spacial score (nSPS) is 11.0. The van der Waals surface area contributed by atoms with Crippen LogP contribution < -0.4 is 15.6 Å². The Kier molecular flexibility index (Phi) is 6.23. The summed E-state index contributed by atoms with van der Waals surface area (Å²) in [6, 6.07) is 12.8. The van der Waals surface area contributed by atoms with Crippen LogP contribution in [0.1, 0.15) is 18.9 Å². The molecule has 0 unspecified atom stereocenters. The smallest absolute Gasteiger partial charge is 0.299 e. The third-order valence-corrected chi connectivity index (χ3v) is 5.34. The predicted molar refractivity (Wildman–Crippen MR) is 122 cm³/mol. The first-order valence-corrected chi connectivity index (χ1v) is 10.5. The quantitative estimate of drug-likeness (QED) is 0.448. The van der Waals surface area contributed by atoms with Crippen LogP contribution in [0.25, 0.3) is 22.4 Å². The Hall–Kier alpha value is -3.65. The topological polar surface area (TPSA) is 99.2 Å². The van der Waals surface area contributed by atoms with E-state index in [9.17, 15) is 9.59 Å². The number of fused-ring (bicyclic) bond motifs is 1. The van der Waals surface area contributed by atoms with Crippen molar-refractivity contribution < 1.29 is 14.1 Å². The molecule has 2 aromatic heterocycles. The lowest BCUT2D eigenvalue weighted by Gasteiger charge is -2.11. The molecule has 32 heavy (non-hydrogen) atoms. The molecule has 0 bridgehead atoms. The monoisotopic (exact) mass is 452 g/mol. The van der Waals surface area contributed by atoms with Crippen molar-refractivity contribution in [2.24, 2.45) is 0 Å². The lowest BCUT2D eigenvalue weighted by atomic mass is 10.1. The minimum atomic E-state index is -0.396. The van der Waals surface area contributed by atoms with Gasteiger partial charge in [-0.05, 0) is 30.2 Å². The zero-order chi connectivity index (χ0) is 22.7. The van der Waals surface area contributed by atoms with Crippen LogP contribution in [0.3, 0.4) is 0 Å². The number of nitrogens with zero attached hydrogens (tertiary/aromatic N) is 3. The van der Waals surface area contributed by atoms with Crippen molar-refractivity contribution in [1.82, 2.24) is 14.7 Å². The molecule has 1 amide bonds. The first-order chi connectivity index (χ1) is 15.5. The second-order valence-electron chi connectivity index (χ2n) is 7.15. The van der Waals surface area contributed by atoms with E-state index in [0.717, 1.165) is 12.0 Å². The molecule has 0 spiro atoms. The van der Waals surface area contributed by atoms with Crippen molar-refractivity contribution in [3.05, 3.63) is 69.7 Å². The first kappa shape index (κ1) is 21.6. The van der Waals surface area contributed by atoms with E-state index < -0.39 is 5.56 Å². The fourth-order valence-corrected chi connectivity index (χ4v) is 3.49. The highest BCUT2D eigenvalue weighted by Crippen LogP contribution is 2.28. The van der Waals surface area contributed by atoms with Crippen LogP contribution in [0.5, 0.6) is 5.75 Å². The number of halogens is 1. The van der Waals surface area contributed by atoms with Gasteiger partial charge in [0.15, 0.2) is 0 Å². The molecule has 4 aromatic rings. The van der Waals surface area contributed by atoms with E-state index in [1.165, 1.54) is 23.6 Å². The molecule has 0 aliphatic carbocycles. The number of carbonyl (C=O) groups is 1. The van der Waals surface area contributed by atoms with Crippen molar-refractivity contribution in [3.8, 4) is 17.0 Å². The van der Waals surface area contributed by atoms with Gasteiger partial charge in [-0.15, -0.1) is 0 Å². The number of amides is 1. The van der Waals surface area contributed by atoms with Crippen molar-refractivity contribution in [2.75, 3.05) is 12.4 Å². The predicted octanol–water partition coefficient (Wildman–Crippen LogP) is 4.30. The van der Waals surface area contributed by atoms with Crippen LogP contribution in [-0.4, -0.2) is 27.7 Å². The summed E-state index contributed by atoms with van der Waals surface area (Å²) in [6.45, 7) is 2.20. The Bertz CT molecular complexity index is 1330. The van der Waals surface area contributed by atoms with Crippen molar-refractivity contribution >= 4 is 34.3 Å². The second-order valence-corrected chi connectivity index (χ2v) is 7.58. The zero-order valence-corrected chi connectivity index (χ0v) is 18.3. The highest BCUT2D eigenvalue weighted by atomic mass is 35.5. The third-order valence-electron chi connectivity index (χ3n) is 5.10. The van der Waals surface area contributed by atoms with Gasteiger partial charge in [0.25, 0.3) is 11.1 Å². The van der Waals surface area contributed by atoms with Crippen molar-refractivity contribution in [1.29, 1.82) is 0 Å². The van der Waals surface area contributed by atoms with Crippen LogP contribution in [0.4, 0.5) is 5.69 Å². The third kappa shape index (κ3) is 4.36. The van der Waals surface area contributed by atoms with Crippen molar-refractivity contribution in [2.45, 2.75) is 26.3 Å². The molecule has 0 atom stereocenters. The largest absolute Gasteiger partial charge is 0.495 e. The van der Waals surface area contributed by atoms with E-state index in [-0.39, 0.29) is 24.5 Å². The number of anilines is 1. The SMILES string of the molecule is CCc1ccc(-c2noc3c(=O)n(CCC(=O)Nc4cc(Cl)ccc4OC)cnc23)cc1.